The summed E-state index contributed by atoms with van der Waals surface area (Å²) < 4.78 is 5.40. The zero-order chi connectivity index (χ0) is 11.5. The maximum absolute atomic E-state index is 11.1. The van der Waals surface area contributed by atoms with Crippen LogP contribution in [-0.2, 0) is 9.53 Å². The number of aliphatic hydroxyl groups is 1. The molecule has 0 rings (SSSR count). The van der Waals surface area contributed by atoms with Crippen molar-refractivity contribution in [3.63, 3.8) is 0 Å². The van der Waals surface area contributed by atoms with E-state index in [2.05, 4.69) is 12.2 Å². The van der Waals surface area contributed by atoms with E-state index in [4.69, 9.17) is 9.84 Å². The van der Waals surface area contributed by atoms with Gasteiger partial charge in [-0.3, -0.25) is 4.79 Å². The molecule has 0 bridgehead atoms. The van der Waals surface area contributed by atoms with E-state index in [0.29, 0.717) is 19.6 Å². The number of ether oxygens (including phenoxy) is 1. The monoisotopic (exact) mass is 217 g/mol. The molecule has 0 spiro atoms. The molecule has 90 valence electrons. The summed E-state index contributed by atoms with van der Waals surface area (Å²) in [5, 5.41) is 11.7. The number of carbonyl (C=O) groups is 1. The predicted molar refractivity (Wildman–Crippen MR) is 59.7 cm³/mol. The molecule has 1 atom stereocenters. The Hall–Kier alpha value is -0.610. The van der Waals surface area contributed by atoms with Gasteiger partial charge in [0.25, 0.3) is 0 Å². The maximum Gasteiger partial charge on any atom is 0.220 e. The van der Waals surface area contributed by atoms with Gasteiger partial charge >= 0.3 is 0 Å². The van der Waals surface area contributed by atoms with Gasteiger partial charge in [-0.2, -0.15) is 0 Å². The molecule has 1 unspecified atom stereocenters. The van der Waals surface area contributed by atoms with E-state index in [1.54, 1.807) is 0 Å². The summed E-state index contributed by atoms with van der Waals surface area (Å²) in [4.78, 5) is 11.1. The van der Waals surface area contributed by atoms with Gasteiger partial charge in [0.1, 0.15) is 0 Å². The first-order valence-electron chi connectivity index (χ1n) is 5.73. The Balaban J connectivity index is 3.55. The molecule has 4 nitrogen and oxygen atoms in total. The van der Waals surface area contributed by atoms with Crippen LogP contribution in [0, 0.1) is 0 Å². The van der Waals surface area contributed by atoms with Crippen LogP contribution >= 0.6 is 0 Å². The number of unbranched alkanes of at least 4 members (excludes halogenated alkanes) is 1. The van der Waals surface area contributed by atoms with Crippen LogP contribution in [0.15, 0.2) is 0 Å². The SMILES string of the molecule is CCCCOC(CO)CNC(=O)CCC. The number of aliphatic hydroxyl groups excluding tert-OH is 1. The Labute approximate surface area is 92.0 Å². The van der Waals surface area contributed by atoms with E-state index in [0.717, 1.165) is 19.3 Å². The molecule has 2 N–H and O–H groups in total. The summed E-state index contributed by atoms with van der Waals surface area (Å²) >= 11 is 0. The van der Waals surface area contributed by atoms with Gasteiger partial charge in [-0.05, 0) is 12.8 Å². The highest BCUT2D eigenvalue weighted by Crippen LogP contribution is 1.95. The van der Waals surface area contributed by atoms with E-state index >= 15 is 0 Å². The van der Waals surface area contributed by atoms with Crippen LogP contribution in [0.1, 0.15) is 39.5 Å². The normalized spacial score (nSPS) is 12.5. The Bertz CT molecular complexity index is 162. The van der Waals surface area contributed by atoms with E-state index in [1.807, 2.05) is 6.92 Å². The third-order valence-electron chi connectivity index (χ3n) is 2.06. The quantitative estimate of drug-likeness (QED) is 0.568. The van der Waals surface area contributed by atoms with Gasteiger partial charge in [0.15, 0.2) is 0 Å². The second kappa shape index (κ2) is 9.93. The first-order valence-corrected chi connectivity index (χ1v) is 5.73. The fourth-order valence-corrected chi connectivity index (χ4v) is 1.11. The molecule has 0 radical (unpaired) electrons. The average Bonchev–Trinajstić information content (AvgIpc) is 2.23. The molecule has 0 aromatic rings. The van der Waals surface area contributed by atoms with Gasteiger partial charge in [0.2, 0.25) is 5.91 Å². The Morgan fingerprint density at radius 3 is 2.67 bits per heavy atom. The van der Waals surface area contributed by atoms with Gasteiger partial charge in [-0.15, -0.1) is 0 Å². The second-order valence-corrected chi connectivity index (χ2v) is 3.58. The van der Waals surface area contributed by atoms with Gasteiger partial charge in [0.05, 0.1) is 12.7 Å². The zero-order valence-corrected chi connectivity index (χ0v) is 9.79. The first-order chi connectivity index (χ1) is 7.24. The van der Waals surface area contributed by atoms with Gasteiger partial charge in [-0.1, -0.05) is 20.3 Å². The lowest BCUT2D eigenvalue weighted by molar-refractivity contribution is -0.122. The fourth-order valence-electron chi connectivity index (χ4n) is 1.11. The van der Waals surface area contributed by atoms with Crippen molar-refractivity contribution in [1.29, 1.82) is 0 Å². The standard InChI is InChI=1S/C11H23NO3/c1-3-5-7-15-10(9-13)8-12-11(14)6-4-2/h10,13H,3-9H2,1-2H3,(H,12,14). The average molecular weight is 217 g/mol. The predicted octanol–water partition coefficient (Wildman–Crippen LogP) is 1.08. The van der Waals surface area contributed by atoms with Crippen molar-refractivity contribution >= 4 is 5.91 Å². The molecule has 0 aliphatic carbocycles. The molecule has 0 heterocycles. The fraction of sp³-hybridized carbons (Fsp3) is 0.909. The molecular formula is C11H23NO3. The summed E-state index contributed by atoms with van der Waals surface area (Å²) in [7, 11) is 0. The first kappa shape index (κ1) is 14.4. The number of amides is 1. The van der Waals surface area contributed by atoms with Crippen LogP contribution in [0.2, 0.25) is 0 Å². The van der Waals surface area contributed by atoms with Gasteiger partial charge < -0.3 is 15.2 Å². The van der Waals surface area contributed by atoms with Crippen LogP contribution in [-0.4, -0.2) is 36.9 Å². The van der Waals surface area contributed by atoms with Crippen LogP contribution in [0.3, 0.4) is 0 Å². The molecule has 0 aliphatic heterocycles. The topological polar surface area (TPSA) is 58.6 Å². The smallest absolute Gasteiger partial charge is 0.220 e. The molecule has 0 aromatic heterocycles. The highest BCUT2D eigenvalue weighted by Gasteiger charge is 2.08. The van der Waals surface area contributed by atoms with Crippen molar-refractivity contribution < 1.29 is 14.6 Å². The van der Waals surface area contributed by atoms with Crippen LogP contribution in [0.5, 0.6) is 0 Å². The van der Waals surface area contributed by atoms with Crippen molar-refractivity contribution in [2.45, 2.75) is 45.6 Å². The lowest BCUT2D eigenvalue weighted by Gasteiger charge is -2.15. The van der Waals surface area contributed by atoms with Crippen molar-refractivity contribution in [2.75, 3.05) is 19.8 Å². The molecule has 4 heteroatoms. The van der Waals surface area contributed by atoms with E-state index in [-0.39, 0.29) is 18.6 Å². The number of hydrogen-bond acceptors (Lipinski definition) is 3. The largest absolute Gasteiger partial charge is 0.394 e. The summed E-state index contributed by atoms with van der Waals surface area (Å²) in [5.74, 6) is 0.0232. The maximum atomic E-state index is 11.1. The summed E-state index contributed by atoms with van der Waals surface area (Å²) in [6, 6.07) is 0. The number of carbonyl (C=O) groups excluding carboxylic acids is 1. The van der Waals surface area contributed by atoms with E-state index in [9.17, 15) is 4.79 Å². The van der Waals surface area contributed by atoms with Gasteiger partial charge in [-0.25, -0.2) is 0 Å². The van der Waals surface area contributed by atoms with Gasteiger partial charge in [0, 0.05) is 19.6 Å². The molecule has 0 saturated heterocycles. The molecule has 0 fully saturated rings. The summed E-state index contributed by atoms with van der Waals surface area (Å²) in [6.45, 7) is 5.04. The Morgan fingerprint density at radius 1 is 1.40 bits per heavy atom. The minimum atomic E-state index is -0.266. The molecule has 0 saturated carbocycles. The third-order valence-corrected chi connectivity index (χ3v) is 2.06. The summed E-state index contributed by atoms with van der Waals surface area (Å²) in [5.41, 5.74) is 0. The number of nitrogens with one attached hydrogen (secondary N) is 1. The highest BCUT2D eigenvalue weighted by molar-refractivity contribution is 5.75. The molecule has 0 aliphatic rings. The van der Waals surface area contributed by atoms with Crippen LogP contribution in [0.25, 0.3) is 0 Å². The lowest BCUT2D eigenvalue weighted by Crippen LogP contribution is -2.35. The second-order valence-electron chi connectivity index (χ2n) is 3.58. The lowest BCUT2D eigenvalue weighted by atomic mass is 10.3. The molecule has 0 aromatic carbocycles. The third kappa shape index (κ3) is 8.39. The Kier molecular flexibility index (Phi) is 9.52. The Morgan fingerprint density at radius 2 is 2.13 bits per heavy atom. The number of rotatable bonds is 9. The molecular weight excluding hydrogens is 194 g/mol. The van der Waals surface area contributed by atoms with Crippen molar-refractivity contribution in [2.24, 2.45) is 0 Å². The minimum absolute atomic E-state index is 0.0232. The van der Waals surface area contributed by atoms with E-state index < -0.39 is 0 Å². The molecule has 1 amide bonds. The highest BCUT2D eigenvalue weighted by atomic mass is 16.5. The van der Waals surface area contributed by atoms with Crippen LogP contribution < -0.4 is 5.32 Å². The van der Waals surface area contributed by atoms with Crippen LogP contribution in [0.4, 0.5) is 0 Å². The van der Waals surface area contributed by atoms with Crippen molar-refractivity contribution in [3.05, 3.63) is 0 Å². The minimum Gasteiger partial charge on any atom is -0.394 e. The number of hydrogen-bond donors (Lipinski definition) is 2. The van der Waals surface area contributed by atoms with Crippen molar-refractivity contribution in [1.82, 2.24) is 5.32 Å². The van der Waals surface area contributed by atoms with E-state index in [1.165, 1.54) is 0 Å². The summed E-state index contributed by atoms with van der Waals surface area (Å²) in [6.07, 6.45) is 3.16. The molecule has 15 heavy (non-hydrogen) atoms. The van der Waals surface area contributed by atoms with Crippen molar-refractivity contribution in [3.8, 4) is 0 Å². The zero-order valence-electron chi connectivity index (χ0n) is 9.79.